The summed E-state index contributed by atoms with van der Waals surface area (Å²) in [5.74, 6) is 1.52. The summed E-state index contributed by atoms with van der Waals surface area (Å²) < 4.78 is 3.62. The number of hydrogen-bond donors (Lipinski definition) is 3. The second kappa shape index (κ2) is 7.63. The predicted molar refractivity (Wildman–Crippen MR) is 126 cm³/mol. The van der Waals surface area contributed by atoms with Gasteiger partial charge in [-0.3, -0.25) is 4.79 Å². The van der Waals surface area contributed by atoms with Gasteiger partial charge in [0, 0.05) is 41.4 Å². The number of aromatic nitrogens is 5. The molecule has 1 saturated carbocycles. The minimum atomic E-state index is -0.0498. The molecule has 2 fully saturated rings. The molecule has 1 aromatic carbocycles. The van der Waals surface area contributed by atoms with Crippen molar-refractivity contribution in [1.82, 2.24) is 29.7 Å². The third kappa shape index (κ3) is 3.84. The van der Waals surface area contributed by atoms with Gasteiger partial charge in [0.15, 0.2) is 5.65 Å². The van der Waals surface area contributed by atoms with Gasteiger partial charge in [-0.1, -0.05) is 12.6 Å². The Labute approximate surface area is 189 Å². The number of hydrogen-bond acceptors (Lipinski definition) is 6. The van der Waals surface area contributed by atoms with Crippen molar-refractivity contribution in [2.45, 2.75) is 25.3 Å². The van der Waals surface area contributed by atoms with E-state index in [2.05, 4.69) is 32.7 Å². The Morgan fingerprint density at radius 3 is 2.85 bits per heavy atom. The number of rotatable bonds is 6. The summed E-state index contributed by atoms with van der Waals surface area (Å²) in [7, 11) is 0. The molecule has 0 unspecified atom stereocenters. The molecule has 0 spiro atoms. The van der Waals surface area contributed by atoms with E-state index in [1.165, 1.54) is 0 Å². The van der Waals surface area contributed by atoms with E-state index in [-0.39, 0.29) is 5.91 Å². The maximum atomic E-state index is 11.7. The Balaban J connectivity index is 1.39. The molecule has 1 amide bonds. The Hall–Kier alpha value is -4.40. The zero-order valence-electron chi connectivity index (χ0n) is 17.8. The van der Waals surface area contributed by atoms with E-state index in [1.807, 2.05) is 57.9 Å². The summed E-state index contributed by atoms with van der Waals surface area (Å²) in [4.78, 5) is 16.6. The molecule has 2 aliphatic rings. The van der Waals surface area contributed by atoms with Gasteiger partial charge in [0.2, 0.25) is 5.91 Å². The molecule has 0 atom stereocenters. The zero-order valence-corrected chi connectivity index (χ0v) is 17.8. The standard InChI is InChI=1S/C24H22N8O/c1-15-16(11-23(33)27-15)10-17-14-26-32-22(29-18-6-7-18)13-21(30-24(17)32)28-19-4-2-5-20(12-19)31-9-3-8-25-31/h2-5,8-10,12-14,18,29H,1,6-7,11H2,(H,27,33)(H,28,30)/b16-10+. The fourth-order valence-electron chi connectivity index (χ4n) is 3.88. The van der Waals surface area contributed by atoms with E-state index in [1.54, 1.807) is 12.4 Å². The van der Waals surface area contributed by atoms with Gasteiger partial charge >= 0.3 is 0 Å². The normalized spacial score (nSPS) is 17.0. The number of fused-ring (bicyclic) bond motifs is 1. The highest BCUT2D eigenvalue weighted by atomic mass is 16.1. The van der Waals surface area contributed by atoms with Gasteiger partial charge in [0.05, 0.1) is 18.3 Å². The van der Waals surface area contributed by atoms with Crippen molar-refractivity contribution in [2.24, 2.45) is 0 Å². The number of benzene rings is 1. The smallest absolute Gasteiger partial charge is 0.228 e. The fourth-order valence-corrected chi connectivity index (χ4v) is 3.88. The highest BCUT2D eigenvalue weighted by Gasteiger charge is 2.24. The summed E-state index contributed by atoms with van der Waals surface area (Å²) >= 11 is 0. The molecule has 0 radical (unpaired) electrons. The first kappa shape index (κ1) is 19.3. The number of nitrogens with zero attached hydrogens (tertiary/aromatic N) is 5. The van der Waals surface area contributed by atoms with Gasteiger partial charge in [0.25, 0.3) is 0 Å². The van der Waals surface area contributed by atoms with Crippen LogP contribution >= 0.6 is 0 Å². The summed E-state index contributed by atoms with van der Waals surface area (Å²) in [6.45, 7) is 3.93. The van der Waals surface area contributed by atoms with E-state index in [9.17, 15) is 4.79 Å². The monoisotopic (exact) mass is 438 g/mol. The highest BCUT2D eigenvalue weighted by molar-refractivity contribution is 5.89. The Kier molecular flexibility index (Phi) is 4.46. The van der Waals surface area contributed by atoms with Crippen LogP contribution in [-0.2, 0) is 4.79 Å². The molecule has 164 valence electrons. The van der Waals surface area contributed by atoms with Crippen molar-refractivity contribution in [3.05, 3.63) is 78.4 Å². The molecule has 3 aromatic heterocycles. The van der Waals surface area contributed by atoms with Crippen molar-refractivity contribution < 1.29 is 4.79 Å². The van der Waals surface area contributed by atoms with Gasteiger partial charge in [-0.05, 0) is 48.8 Å². The van der Waals surface area contributed by atoms with E-state index in [0.29, 0.717) is 29.6 Å². The largest absolute Gasteiger partial charge is 0.367 e. The molecule has 6 rings (SSSR count). The van der Waals surface area contributed by atoms with Crippen molar-refractivity contribution in [1.29, 1.82) is 0 Å². The van der Waals surface area contributed by atoms with Crippen LogP contribution < -0.4 is 16.0 Å². The van der Waals surface area contributed by atoms with Crippen molar-refractivity contribution in [2.75, 3.05) is 10.6 Å². The molecule has 0 bridgehead atoms. The van der Waals surface area contributed by atoms with Crippen LogP contribution in [0.5, 0.6) is 0 Å². The second-order valence-corrected chi connectivity index (χ2v) is 8.28. The minimum absolute atomic E-state index is 0.0498. The van der Waals surface area contributed by atoms with Crippen LogP contribution in [0, 0.1) is 0 Å². The van der Waals surface area contributed by atoms with Crippen LogP contribution in [-0.4, -0.2) is 36.3 Å². The summed E-state index contributed by atoms with van der Waals surface area (Å²) in [6, 6.07) is 12.3. The maximum Gasteiger partial charge on any atom is 0.228 e. The number of anilines is 3. The Bertz CT molecular complexity index is 1410. The first-order chi connectivity index (χ1) is 16.1. The highest BCUT2D eigenvalue weighted by Crippen LogP contribution is 2.29. The summed E-state index contributed by atoms with van der Waals surface area (Å²) in [6.07, 6.45) is 9.95. The quantitative estimate of drug-likeness (QED) is 0.425. The molecule has 4 aromatic rings. The molecule has 1 aliphatic heterocycles. The molecule has 3 N–H and O–H groups in total. The molecule has 33 heavy (non-hydrogen) atoms. The van der Waals surface area contributed by atoms with Crippen LogP contribution in [0.3, 0.4) is 0 Å². The van der Waals surface area contributed by atoms with Crippen LogP contribution in [0.15, 0.2) is 72.8 Å². The first-order valence-electron chi connectivity index (χ1n) is 10.8. The van der Waals surface area contributed by atoms with Gasteiger partial charge in [-0.2, -0.15) is 14.7 Å². The lowest BCUT2D eigenvalue weighted by Crippen LogP contribution is -2.10. The number of nitrogens with one attached hydrogen (secondary N) is 3. The molecule has 1 saturated heterocycles. The van der Waals surface area contributed by atoms with Gasteiger partial charge in [-0.15, -0.1) is 0 Å². The van der Waals surface area contributed by atoms with Crippen molar-refractivity contribution in [3.8, 4) is 5.69 Å². The first-order valence-corrected chi connectivity index (χ1v) is 10.8. The number of carbonyl (C=O) groups is 1. The number of allylic oxidation sites excluding steroid dienone is 1. The summed E-state index contributed by atoms with van der Waals surface area (Å²) in [5.41, 5.74) is 4.85. The van der Waals surface area contributed by atoms with E-state index in [4.69, 9.17) is 4.98 Å². The summed E-state index contributed by atoms with van der Waals surface area (Å²) in [5, 5.41) is 18.6. The molecular formula is C24H22N8O. The lowest BCUT2D eigenvalue weighted by atomic mass is 10.1. The SMILES string of the molecule is C=C1NC(=O)C/C1=C\c1cnn2c(NC3CC3)cc(Nc3cccc(-n4cccn4)c3)nc12. The predicted octanol–water partition coefficient (Wildman–Crippen LogP) is 3.65. The van der Waals surface area contributed by atoms with Crippen LogP contribution in [0.4, 0.5) is 17.3 Å². The number of amides is 1. The maximum absolute atomic E-state index is 11.7. The van der Waals surface area contributed by atoms with Crippen LogP contribution in [0.1, 0.15) is 24.8 Å². The van der Waals surface area contributed by atoms with E-state index < -0.39 is 0 Å². The molecule has 9 nitrogen and oxygen atoms in total. The fraction of sp³-hybridized carbons (Fsp3) is 0.167. The number of carbonyl (C=O) groups excluding carboxylic acids is 1. The average Bonchev–Trinajstić information content (AvgIpc) is 3.17. The third-order valence-electron chi connectivity index (χ3n) is 5.67. The zero-order chi connectivity index (χ0) is 22.4. The van der Waals surface area contributed by atoms with Gasteiger partial charge in [-0.25, -0.2) is 9.67 Å². The molecule has 9 heteroatoms. The van der Waals surface area contributed by atoms with Gasteiger partial charge in [0.1, 0.15) is 11.6 Å². The topological polar surface area (TPSA) is 101 Å². The Morgan fingerprint density at radius 2 is 2.09 bits per heavy atom. The third-order valence-corrected chi connectivity index (χ3v) is 5.67. The second-order valence-electron chi connectivity index (χ2n) is 8.28. The Morgan fingerprint density at radius 1 is 1.18 bits per heavy atom. The lowest BCUT2D eigenvalue weighted by Gasteiger charge is -2.12. The van der Waals surface area contributed by atoms with Crippen LogP contribution in [0.2, 0.25) is 0 Å². The molecule has 1 aliphatic carbocycles. The van der Waals surface area contributed by atoms with Crippen molar-refractivity contribution >= 4 is 35.0 Å². The van der Waals surface area contributed by atoms with Crippen molar-refractivity contribution in [3.63, 3.8) is 0 Å². The van der Waals surface area contributed by atoms with Crippen LogP contribution in [0.25, 0.3) is 17.4 Å². The minimum Gasteiger partial charge on any atom is -0.367 e. The molecular weight excluding hydrogens is 416 g/mol. The lowest BCUT2D eigenvalue weighted by molar-refractivity contribution is -0.118. The average molecular weight is 438 g/mol. The van der Waals surface area contributed by atoms with E-state index >= 15 is 0 Å². The van der Waals surface area contributed by atoms with Gasteiger partial charge < -0.3 is 16.0 Å². The van der Waals surface area contributed by atoms with E-state index in [0.717, 1.165) is 41.2 Å². The molecule has 4 heterocycles.